The Hall–Kier alpha value is -0.570. The van der Waals surface area contributed by atoms with Gasteiger partial charge < -0.3 is 10.0 Å². The third-order valence-corrected chi connectivity index (χ3v) is 3.62. The van der Waals surface area contributed by atoms with Gasteiger partial charge >= 0.3 is 5.97 Å². The van der Waals surface area contributed by atoms with E-state index in [1.54, 1.807) is 0 Å². The van der Waals surface area contributed by atoms with Gasteiger partial charge in [-0.2, -0.15) is 0 Å². The Bertz CT molecular complexity index is 237. The highest BCUT2D eigenvalue weighted by Crippen LogP contribution is 2.35. The van der Waals surface area contributed by atoms with E-state index in [-0.39, 0.29) is 0 Å². The van der Waals surface area contributed by atoms with E-state index in [0.29, 0.717) is 0 Å². The molecule has 0 bridgehead atoms. The van der Waals surface area contributed by atoms with E-state index in [1.807, 2.05) is 6.92 Å². The summed E-state index contributed by atoms with van der Waals surface area (Å²) in [4.78, 5) is 13.3. The van der Waals surface area contributed by atoms with Crippen LogP contribution in [0.5, 0.6) is 0 Å². The zero-order valence-electron chi connectivity index (χ0n) is 8.83. The highest BCUT2D eigenvalue weighted by atomic mass is 16.4. The van der Waals surface area contributed by atoms with E-state index in [2.05, 4.69) is 4.90 Å². The third-order valence-electron chi connectivity index (χ3n) is 3.62. The molecule has 1 saturated carbocycles. The quantitative estimate of drug-likeness (QED) is 0.744. The molecule has 0 aromatic rings. The summed E-state index contributed by atoms with van der Waals surface area (Å²) in [6.45, 7) is 4.69. The smallest absolute Gasteiger partial charge is 0.310 e. The molecule has 0 aromatic carbocycles. The topological polar surface area (TPSA) is 40.5 Å². The second-order valence-corrected chi connectivity index (χ2v) is 5.12. The Morgan fingerprint density at radius 2 is 2.29 bits per heavy atom. The maximum Gasteiger partial charge on any atom is 0.310 e. The average Bonchev–Trinajstić information content (AvgIpc) is 2.87. The van der Waals surface area contributed by atoms with E-state index in [1.165, 1.54) is 19.3 Å². The molecule has 2 rings (SSSR count). The lowest BCUT2D eigenvalue weighted by atomic mass is 9.90. The van der Waals surface area contributed by atoms with E-state index in [0.717, 1.165) is 32.0 Å². The molecule has 1 saturated heterocycles. The summed E-state index contributed by atoms with van der Waals surface area (Å²) in [5.74, 6) is 0.318. The van der Waals surface area contributed by atoms with Crippen molar-refractivity contribution < 1.29 is 9.90 Å². The molecule has 80 valence electrons. The summed E-state index contributed by atoms with van der Waals surface area (Å²) in [7, 11) is 0. The fraction of sp³-hybridized carbons (Fsp3) is 0.909. The standard InChI is InChI=1S/C11H19NO2/c1-11(10(13)14)5-7-12(8-11)6-4-9-2-3-9/h9H,2-8H2,1H3,(H,13,14). The largest absolute Gasteiger partial charge is 0.481 e. The highest BCUT2D eigenvalue weighted by molar-refractivity contribution is 5.74. The lowest BCUT2D eigenvalue weighted by molar-refractivity contribution is -0.147. The minimum absolute atomic E-state index is 0.483. The van der Waals surface area contributed by atoms with Crippen molar-refractivity contribution in [3.05, 3.63) is 0 Å². The first-order valence-corrected chi connectivity index (χ1v) is 5.56. The second kappa shape index (κ2) is 3.54. The van der Waals surface area contributed by atoms with E-state index in [4.69, 9.17) is 5.11 Å². The van der Waals surface area contributed by atoms with Crippen molar-refractivity contribution >= 4 is 5.97 Å². The van der Waals surface area contributed by atoms with Crippen molar-refractivity contribution in [2.75, 3.05) is 19.6 Å². The van der Waals surface area contributed by atoms with E-state index >= 15 is 0 Å². The van der Waals surface area contributed by atoms with Gasteiger partial charge in [-0.1, -0.05) is 12.8 Å². The van der Waals surface area contributed by atoms with Gasteiger partial charge in [-0.25, -0.2) is 0 Å². The molecular formula is C11H19NO2. The normalized spacial score (nSPS) is 33.5. The molecule has 2 aliphatic rings. The van der Waals surface area contributed by atoms with Crippen LogP contribution in [0.2, 0.25) is 0 Å². The van der Waals surface area contributed by atoms with Crippen LogP contribution < -0.4 is 0 Å². The van der Waals surface area contributed by atoms with Crippen LogP contribution in [0.4, 0.5) is 0 Å². The Kier molecular flexibility index (Phi) is 2.52. The van der Waals surface area contributed by atoms with Crippen LogP contribution in [0.25, 0.3) is 0 Å². The van der Waals surface area contributed by atoms with Gasteiger partial charge in [0, 0.05) is 6.54 Å². The minimum atomic E-state index is -0.633. The molecule has 0 amide bonds. The monoisotopic (exact) mass is 197 g/mol. The van der Waals surface area contributed by atoms with Gasteiger partial charge in [0.2, 0.25) is 0 Å². The van der Waals surface area contributed by atoms with Crippen LogP contribution in [0.3, 0.4) is 0 Å². The molecule has 1 atom stereocenters. The van der Waals surface area contributed by atoms with Crippen LogP contribution in [-0.4, -0.2) is 35.6 Å². The van der Waals surface area contributed by atoms with Gasteiger partial charge in [-0.3, -0.25) is 4.79 Å². The molecule has 3 heteroatoms. The maximum absolute atomic E-state index is 11.0. The molecule has 0 spiro atoms. The van der Waals surface area contributed by atoms with Crippen molar-refractivity contribution in [1.82, 2.24) is 4.90 Å². The number of aliphatic carboxylic acids is 1. The molecule has 14 heavy (non-hydrogen) atoms. The van der Waals surface area contributed by atoms with Crippen molar-refractivity contribution in [2.24, 2.45) is 11.3 Å². The minimum Gasteiger partial charge on any atom is -0.481 e. The number of nitrogens with zero attached hydrogens (tertiary/aromatic N) is 1. The molecule has 1 heterocycles. The molecule has 1 unspecified atom stereocenters. The first-order valence-electron chi connectivity index (χ1n) is 5.56. The lowest BCUT2D eigenvalue weighted by Crippen LogP contribution is -2.32. The molecule has 1 N–H and O–H groups in total. The van der Waals surface area contributed by atoms with Gasteiger partial charge in [-0.15, -0.1) is 0 Å². The molecule has 0 radical (unpaired) electrons. The molecular weight excluding hydrogens is 178 g/mol. The predicted molar refractivity (Wildman–Crippen MR) is 54.1 cm³/mol. The Balaban J connectivity index is 1.78. The number of likely N-dealkylation sites (tertiary alicyclic amines) is 1. The summed E-state index contributed by atoms with van der Waals surface area (Å²) >= 11 is 0. The number of carbonyl (C=O) groups is 1. The van der Waals surface area contributed by atoms with Crippen LogP contribution in [0, 0.1) is 11.3 Å². The van der Waals surface area contributed by atoms with Crippen LogP contribution >= 0.6 is 0 Å². The van der Waals surface area contributed by atoms with Gasteiger partial charge in [0.1, 0.15) is 0 Å². The summed E-state index contributed by atoms with van der Waals surface area (Å²) < 4.78 is 0. The summed E-state index contributed by atoms with van der Waals surface area (Å²) in [6.07, 6.45) is 4.87. The fourth-order valence-electron chi connectivity index (χ4n) is 2.19. The van der Waals surface area contributed by atoms with Gasteiger partial charge in [0.15, 0.2) is 0 Å². The second-order valence-electron chi connectivity index (χ2n) is 5.12. The van der Waals surface area contributed by atoms with Crippen LogP contribution in [0.15, 0.2) is 0 Å². The summed E-state index contributed by atoms with van der Waals surface area (Å²) in [5.41, 5.74) is -0.483. The average molecular weight is 197 g/mol. The summed E-state index contributed by atoms with van der Waals surface area (Å²) in [6, 6.07) is 0. The molecule has 2 fully saturated rings. The van der Waals surface area contributed by atoms with Gasteiger partial charge in [0.05, 0.1) is 5.41 Å². The van der Waals surface area contributed by atoms with Gasteiger partial charge in [-0.05, 0) is 38.8 Å². The Morgan fingerprint density at radius 1 is 1.57 bits per heavy atom. The van der Waals surface area contributed by atoms with E-state index < -0.39 is 11.4 Å². The Labute approximate surface area is 85.1 Å². The molecule has 0 aromatic heterocycles. The zero-order chi connectivity index (χ0) is 10.2. The number of carboxylic acid groups (broad SMARTS) is 1. The number of rotatable bonds is 4. The van der Waals surface area contributed by atoms with Crippen molar-refractivity contribution in [3.8, 4) is 0 Å². The van der Waals surface area contributed by atoms with E-state index in [9.17, 15) is 4.79 Å². The zero-order valence-corrected chi connectivity index (χ0v) is 8.83. The Morgan fingerprint density at radius 3 is 2.79 bits per heavy atom. The van der Waals surface area contributed by atoms with Crippen LogP contribution in [0.1, 0.15) is 32.6 Å². The lowest BCUT2D eigenvalue weighted by Gasteiger charge is -2.19. The predicted octanol–water partition coefficient (Wildman–Crippen LogP) is 1.58. The van der Waals surface area contributed by atoms with Crippen molar-refractivity contribution in [3.63, 3.8) is 0 Å². The number of carboxylic acids is 1. The summed E-state index contributed by atoms with van der Waals surface area (Å²) in [5, 5.41) is 9.05. The third kappa shape index (κ3) is 2.08. The number of hydrogen-bond donors (Lipinski definition) is 1. The van der Waals surface area contributed by atoms with Crippen molar-refractivity contribution in [2.45, 2.75) is 32.6 Å². The SMILES string of the molecule is CC1(C(=O)O)CCN(CCC2CC2)C1. The van der Waals surface area contributed by atoms with Gasteiger partial charge in [0.25, 0.3) is 0 Å². The fourth-order valence-corrected chi connectivity index (χ4v) is 2.19. The maximum atomic E-state index is 11.0. The van der Waals surface area contributed by atoms with Crippen LogP contribution in [-0.2, 0) is 4.79 Å². The highest BCUT2D eigenvalue weighted by Gasteiger charge is 2.40. The molecule has 3 nitrogen and oxygen atoms in total. The molecule has 1 aliphatic heterocycles. The van der Waals surface area contributed by atoms with Crippen molar-refractivity contribution in [1.29, 1.82) is 0 Å². The molecule has 1 aliphatic carbocycles. The first-order chi connectivity index (χ1) is 6.60. The first kappa shape index (κ1) is 9.97. The number of hydrogen-bond acceptors (Lipinski definition) is 2.